The van der Waals surface area contributed by atoms with Crippen molar-refractivity contribution in [3.8, 4) is 0 Å². The molecular formula is C13H22N2. The lowest BCUT2D eigenvalue weighted by Crippen LogP contribution is -2.21. The molecule has 0 aromatic heterocycles. The fourth-order valence-corrected chi connectivity index (χ4v) is 1.96. The third kappa shape index (κ3) is 3.33. The van der Waals surface area contributed by atoms with E-state index in [0.717, 1.165) is 19.4 Å². The molecule has 2 heteroatoms. The monoisotopic (exact) mass is 206 g/mol. The van der Waals surface area contributed by atoms with E-state index in [2.05, 4.69) is 50.2 Å². The fraction of sp³-hybridized carbons (Fsp3) is 0.538. The summed E-state index contributed by atoms with van der Waals surface area (Å²) in [6.07, 6.45) is 2.21. The van der Waals surface area contributed by atoms with Gasteiger partial charge in [0.2, 0.25) is 0 Å². The fourth-order valence-electron chi connectivity index (χ4n) is 1.96. The number of rotatable bonds is 5. The molecule has 15 heavy (non-hydrogen) atoms. The Bertz CT molecular complexity index is 294. The van der Waals surface area contributed by atoms with Crippen molar-refractivity contribution in [1.82, 2.24) is 4.90 Å². The molecule has 0 spiro atoms. The minimum Gasteiger partial charge on any atom is -0.330 e. The van der Waals surface area contributed by atoms with Crippen LogP contribution in [0.25, 0.3) is 0 Å². The largest absolute Gasteiger partial charge is 0.330 e. The maximum Gasteiger partial charge on any atom is 0.0345 e. The molecule has 1 rings (SSSR count). The van der Waals surface area contributed by atoms with Crippen molar-refractivity contribution in [2.45, 2.75) is 25.8 Å². The molecule has 0 radical (unpaired) electrons. The number of hydrogen-bond acceptors (Lipinski definition) is 2. The molecule has 0 saturated heterocycles. The Kier molecular flexibility index (Phi) is 4.79. The molecular weight excluding hydrogens is 184 g/mol. The van der Waals surface area contributed by atoms with Gasteiger partial charge in [-0.15, -0.1) is 0 Å². The van der Waals surface area contributed by atoms with Crippen LogP contribution in [0, 0.1) is 6.92 Å². The molecule has 84 valence electrons. The van der Waals surface area contributed by atoms with Gasteiger partial charge < -0.3 is 10.6 Å². The van der Waals surface area contributed by atoms with E-state index in [1.165, 1.54) is 11.1 Å². The minimum absolute atomic E-state index is 0.495. The van der Waals surface area contributed by atoms with Crippen LogP contribution in [0.4, 0.5) is 0 Å². The molecule has 1 atom stereocenters. The van der Waals surface area contributed by atoms with Gasteiger partial charge in [-0.3, -0.25) is 0 Å². The van der Waals surface area contributed by atoms with Crippen molar-refractivity contribution in [2.75, 3.05) is 20.6 Å². The molecule has 0 fully saturated rings. The van der Waals surface area contributed by atoms with Crippen molar-refractivity contribution in [2.24, 2.45) is 5.73 Å². The molecule has 2 N–H and O–H groups in total. The third-order valence-corrected chi connectivity index (χ3v) is 2.85. The molecule has 0 aliphatic carbocycles. The van der Waals surface area contributed by atoms with Crippen molar-refractivity contribution in [3.63, 3.8) is 0 Å². The zero-order valence-electron chi connectivity index (χ0n) is 10.0. The summed E-state index contributed by atoms with van der Waals surface area (Å²) in [4.78, 5) is 2.28. The Labute approximate surface area is 93.1 Å². The van der Waals surface area contributed by atoms with E-state index in [4.69, 9.17) is 5.73 Å². The Morgan fingerprint density at radius 1 is 1.27 bits per heavy atom. The smallest absolute Gasteiger partial charge is 0.0345 e. The Balaban J connectivity index is 2.84. The number of nitrogens with two attached hydrogens (primary N) is 1. The van der Waals surface area contributed by atoms with E-state index in [1.807, 2.05) is 0 Å². The van der Waals surface area contributed by atoms with Gasteiger partial charge in [-0.05, 0) is 51.5 Å². The first-order valence-corrected chi connectivity index (χ1v) is 5.59. The second-order valence-electron chi connectivity index (χ2n) is 4.27. The highest BCUT2D eigenvalue weighted by Crippen LogP contribution is 2.25. The maximum atomic E-state index is 5.57. The van der Waals surface area contributed by atoms with Crippen LogP contribution in [0.2, 0.25) is 0 Å². The summed E-state index contributed by atoms with van der Waals surface area (Å²) in [6, 6.07) is 9.09. The molecule has 1 aromatic carbocycles. The van der Waals surface area contributed by atoms with E-state index < -0.39 is 0 Å². The molecule has 0 heterocycles. The summed E-state index contributed by atoms with van der Waals surface area (Å²) in [7, 11) is 4.27. The predicted molar refractivity (Wildman–Crippen MR) is 65.9 cm³/mol. The molecule has 0 amide bonds. The zero-order chi connectivity index (χ0) is 11.3. The molecule has 0 bridgehead atoms. The quantitative estimate of drug-likeness (QED) is 0.801. The number of benzene rings is 1. The van der Waals surface area contributed by atoms with Gasteiger partial charge in [0.25, 0.3) is 0 Å². The highest BCUT2D eigenvalue weighted by molar-refractivity contribution is 5.28. The number of hydrogen-bond donors (Lipinski definition) is 1. The normalized spacial score (nSPS) is 13.1. The summed E-state index contributed by atoms with van der Waals surface area (Å²) in [5, 5.41) is 0. The average Bonchev–Trinajstić information content (AvgIpc) is 2.20. The lowest BCUT2D eigenvalue weighted by molar-refractivity contribution is 0.279. The topological polar surface area (TPSA) is 29.3 Å². The van der Waals surface area contributed by atoms with Crippen LogP contribution in [-0.2, 0) is 0 Å². The Morgan fingerprint density at radius 3 is 2.47 bits per heavy atom. The molecule has 1 aromatic rings. The van der Waals surface area contributed by atoms with Gasteiger partial charge in [-0.1, -0.05) is 24.3 Å². The first kappa shape index (κ1) is 12.2. The van der Waals surface area contributed by atoms with Crippen LogP contribution >= 0.6 is 0 Å². The Morgan fingerprint density at radius 2 is 1.93 bits per heavy atom. The van der Waals surface area contributed by atoms with E-state index in [0.29, 0.717) is 6.04 Å². The van der Waals surface area contributed by atoms with Crippen LogP contribution in [0.1, 0.15) is 30.0 Å². The van der Waals surface area contributed by atoms with Crippen molar-refractivity contribution < 1.29 is 0 Å². The molecule has 1 unspecified atom stereocenters. The zero-order valence-corrected chi connectivity index (χ0v) is 10.0. The summed E-state index contributed by atoms with van der Waals surface area (Å²) in [5.41, 5.74) is 8.37. The minimum atomic E-state index is 0.495. The first-order chi connectivity index (χ1) is 7.16. The van der Waals surface area contributed by atoms with Crippen LogP contribution < -0.4 is 5.73 Å². The number of nitrogens with zero attached hydrogens (tertiary/aromatic N) is 1. The van der Waals surface area contributed by atoms with Crippen molar-refractivity contribution in [3.05, 3.63) is 35.4 Å². The second kappa shape index (κ2) is 5.89. The summed E-state index contributed by atoms with van der Waals surface area (Å²) >= 11 is 0. The molecule has 0 aliphatic heterocycles. The van der Waals surface area contributed by atoms with Crippen LogP contribution in [0.3, 0.4) is 0 Å². The van der Waals surface area contributed by atoms with Crippen molar-refractivity contribution in [1.29, 1.82) is 0 Å². The first-order valence-electron chi connectivity index (χ1n) is 5.59. The molecule has 0 saturated carbocycles. The van der Waals surface area contributed by atoms with Gasteiger partial charge in [-0.25, -0.2) is 0 Å². The summed E-state index contributed by atoms with van der Waals surface area (Å²) < 4.78 is 0. The van der Waals surface area contributed by atoms with Gasteiger partial charge in [0.05, 0.1) is 0 Å². The SMILES string of the molecule is Cc1ccccc1C(CCCN)N(C)C. The maximum absolute atomic E-state index is 5.57. The predicted octanol–water partition coefficient (Wildman–Crippen LogP) is 2.34. The summed E-state index contributed by atoms with van der Waals surface area (Å²) in [6.45, 7) is 2.95. The highest BCUT2D eigenvalue weighted by atomic mass is 15.1. The lowest BCUT2D eigenvalue weighted by atomic mass is 9.97. The summed E-state index contributed by atoms with van der Waals surface area (Å²) in [5.74, 6) is 0. The van der Waals surface area contributed by atoms with Crippen molar-refractivity contribution >= 4 is 0 Å². The Hall–Kier alpha value is -0.860. The average molecular weight is 206 g/mol. The van der Waals surface area contributed by atoms with E-state index in [1.54, 1.807) is 0 Å². The van der Waals surface area contributed by atoms with E-state index >= 15 is 0 Å². The van der Waals surface area contributed by atoms with Gasteiger partial charge in [0.1, 0.15) is 0 Å². The molecule has 2 nitrogen and oxygen atoms in total. The van der Waals surface area contributed by atoms with E-state index in [9.17, 15) is 0 Å². The van der Waals surface area contributed by atoms with Gasteiger partial charge >= 0.3 is 0 Å². The standard InChI is InChI=1S/C13H22N2/c1-11-7-4-5-8-12(11)13(15(2)3)9-6-10-14/h4-5,7-8,13H,6,9-10,14H2,1-3H3. The second-order valence-corrected chi connectivity index (χ2v) is 4.27. The third-order valence-electron chi connectivity index (χ3n) is 2.85. The number of aryl methyl sites for hydroxylation is 1. The van der Waals surface area contributed by atoms with Crippen LogP contribution in [0.5, 0.6) is 0 Å². The van der Waals surface area contributed by atoms with Gasteiger partial charge in [0, 0.05) is 6.04 Å². The van der Waals surface area contributed by atoms with Crippen LogP contribution in [-0.4, -0.2) is 25.5 Å². The lowest BCUT2D eigenvalue weighted by Gasteiger charge is -2.26. The highest BCUT2D eigenvalue weighted by Gasteiger charge is 2.14. The van der Waals surface area contributed by atoms with Gasteiger partial charge in [-0.2, -0.15) is 0 Å². The van der Waals surface area contributed by atoms with Gasteiger partial charge in [0.15, 0.2) is 0 Å². The van der Waals surface area contributed by atoms with E-state index in [-0.39, 0.29) is 0 Å². The molecule has 0 aliphatic rings. The van der Waals surface area contributed by atoms with Crippen LogP contribution in [0.15, 0.2) is 24.3 Å².